The number of rotatable bonds is 7. The van der Waals surface area contributed by atoms with Crippen LogP contribution < -0.4 is 21.3 Å². The van der Waals surface area contributed by atoms with Crippen LogP contribution >= 0.6 is 0 Å². The highest BCUT2D eigenvalue weighted by Gasteiger charge is 2.52. The lowest BCUT2D eigenvalue weighted by Crippen LogP contribution is -2.61. The van der Waals surface area contributed by atoms with Gasteiger partial charge < -0.3 is 14.6 Å². The van der Waals surface area contributed by atoms with Gasteiger partial charge in [-0.15, -0.1) is 0 Å². The van der Waals surface area contributed by atoms with E-state index < -0.39 is 34.8 Å². The van der Waals surface area contributed by atoms with Crippen molar-refractivity contribution in [2.45, 2.75) is 43.9 Å². The Kier molecular flexibility index (Phi) is 6.79. The predicted octanol–water partition coefficient (Wildman–Crippen LogP) is 3.22. The summed E-state index contributed by atoms with van der Waals surface area (Å²) in [6.45, 7) is 3.39. The fourth-order valence-corrected chi connectivity index (χ4v) is 5.26. The Morgan fingerprint density at radius 1 is 1.00 bits per heavy atom. The third-order valence-corrected chi connectivity index (χ3v) is 7.22. The minimum Gasteiger partial charge on any atom is -0.497 e. The van der Waals surface area contributed by atoms with E-state index in [0.717, 1.165) is 16.7 Å². The summed E-state index contributed by atoms with van der Waals surface area (Å²) in [5, 5.41) is 14.6. The number of nitrogens with one attached hydrogen (secondary N) is 2. The van der Waals surface area contributed by atoms with Crippen LogP contribution in [0.1, 0.15) is 35.6 Å². The highest BCUT2D eigenvalue weighted by Crippen LogP contribution is 2.43. The number of benzene rings is 3. The highest BCUT2D eigenvalue weighted by molar-refractivity contribution is 5.51. The molecule has 0 unspecified atom stereocenters. The van der Waals surface area contributed by atoms with E-state index >= 15 is 0 Å². The number of hydrogen-bond acceptors (Lipinski definition) is 6. The molecule has 0 radical (unpaired) electrons. The van der Waals surface area contributed by atoms with Crippen LogP contribution in [0.25, 0.3) is 0 Å². The van der Waals surface area contributed by atoms with Gasteiger partial charge in [-0.1, -0.05) is 72.8 Å². The van der Waals surface area contributed by atoms with Crippen molar-refractivity contribution in [3.05, 3.63) is 134 Å². The largest absolute Gasteiger partial charge is 0.497 e. The molecule has 2 heterocycles. The second kappa shape index (κ2) is 10.1. The summed E-state index contributed by atoms with van der Waals surface area (Å²) < 4.78 is 13.4. The zero-order valence-electron chi connectivity index (χ0n) is 21.5. The molecule has 38 heavy (non-hydrogen) atoms. The van der Waals surface area contributed by atoms with E-state index in [1.165, 1.54) is 10.8 Å². The smallest absolute Gasteiger partial charge is 0.331 e. The van der Waals surface area contributed by atoms with Gasteiger partial charge in [0, 0.05) is 18.2 Å². The average Bonchev–Trinajstić information content (AvgIpc) is 3.23. The van der Waals surface area contributed by atoms with Crippen LogP contribution in [0, 0.1) is 6.92 Å². The first kappa shape index (κ1) is 25.7. The van der Waals surface area contributed by atoms with Crippen LogP contribution in [0.2, 0.25) is 0 Å². The molecule has 0 aliphatic carbocycles. The molecular weight excluding hydrogens is 482 g/mol. The van der Waals surface area contributed by atoms with Crippen molar-refractivity contribution in [1.29, 1.82) is 0 Å². The van der Waals surface area contributed by atoms with E-state index in [4.69, 9.17) is 9.47 Å². The molecule has 0 amide bonds. The number of aromatic amines is 1. The monoisotopic (exact) mass is 513 g/mol. The highest BCUT2D eigenvalue weighted by atomic mass is 16.6. The summed E-state index contributed by atoms with van der Waals surface area (Å²) in [4.78, 5) is 27.9. The number of methoxy groups -OCH3 is 1. The molecule has 1 saturated heterocycles. The van der Waals surface area contributed by atoms with E-state index in [2.05, 4.69) is 10.3 Å². The van der Waals surface area contributed by atoms with E-state index in [-0.39, 0.29) is 6.42 Å². The lowest BCUT2D eigenvalue weighted by atomic mass is 9.76. The predicted molar refractivity (Wildman–Crippen MR) is 144 cm³/mol. The van der Waals surface area contributed by atoms with Crippen LogP contribution in [-0.4, -0.2) is 34.0 Å². The number of aliphatic hydroxyl groups is 1. The van der Waals surface area contributed by atoms with Gasteiger partial charge in [-0.2, -0.15) is 0 Å². The third-order valence-electron chi connectivity index (χ3n) is 7.22. The molecule has 0 bridgehead atoms. The quantitative estimate of drug-likeness (QED) is 0.328. The third kappa shape index (κ3) is 4.36. The van der Waals surface area contributed by atoms with Gasteiger partial charge in [-0.05, 0) is 42.7 Å². The van der Waals surface area contributed by atoms with Crippen molar-refractivity contribution >= 4 is 0 Å². The summed E-state index contributed by atoms with van der Waals surface area (Å²) in [5.41, 5.74) is 0.754. The molecule has 0 spiro atoms. The fraction of sp³-hybridized carbons (Fsp3) is 0.267. The number of H-pyrrole nitrogens is 1. The molecule has 5 rings (SSSR count). The van der Waals surface area contributed by atoms with Crippen LogP contribution in [0.3, 0.4) is 0 Å². The second-order valence-corrected chi connectivity index (χ2v) is 9.66. The van der Waals surface area contributed by atoms with E-state index in [1.807, 2.05) is 84.9 Å². The van der Waals surface area contributed by atoms with Gasteiger partial charge in [0.1, 0.15) is 5.75 Å². The van der Waals surface area contributed by atoms with Gasteiger partial charge in [-0.25, -0.2) is 4.79 Å². The molecule has 1 aromatic heterocycles. The second-order valence-electron chi connectivity index (χ2n) is 9.66. The van der Waals surface area contributed by atoms with Gasteiger partial charge in [0.05, 0.1) is 24.9 Å². The van der Waals surface area contributed by atoms with Gasteiger partial charge in [0.15, 0.2) is 0 Å². The topological polar surface area (TPSA) is 106 Å². The van der Waals surface area contributed by atoms with Gasteiger partial charge in [-0.3, -0.25) is 19.7 Å². The minimum atomic E-state index is -1.51. The molecule has 8 heteroatoms. The summed E-state index contributed by atoms with van der Waals surface area (Å²) in [7, 11) is 1.61. The van der Waals surface area contributed by atoms with Crippen molar-refractivity contribution in [2.75, 3.05) is 7.11 Å². The molecule has 1 fully saturated rings. The first-order chi connectivity index (χ1) is 18.3. The summed E-state index contributed by atoms with van der Waals surface area (Å²) >= 11 is 0. The fourth-order valence-electron chi connectivity index (χ4n) is 5.26. The first-order valence-electron chi connectivity index (χ1n) is 12.5. The van der Waals surface area contributed by atoms with Crippen molar-refractivity contribution in [3.8, 4) is 5.75 Å². The molecule has 0 saturated carbocycles. The molecule has 4 aromatic rings. The standard InChI is InChI=1S/C30H31N3O5/c1-20-19-33(28(36)31-27(20)35)29(18-26(34)21(2)38-29)32-30(22-11-6-4-7-12-22,23-13-8-5-9-14-23)24-15-10-16-25(17-24)37-3/h4-17,19,21,26,32,34H,18H2,1-3H3,(H,31,35,36)/t21-,26+,29+/m1/s1. The summed E-state index contributed by atoms with van der Waals surface area (Å²) in [6, 6.07) is 27.4. The molecule has 1 aliphatic heterocycles. The molecule has 196 valence electrons. The number of ether oxygens (including phenoxy) is 2. The van der Waals surface area contributed by atoms with Crippen molar-refractivity contribution in [2.24, 2.45) is 0 Å². The number of aryl methyl sites for hydroxylation is 1. The normalized spacial score (nSPS) is 21.4. The van der Waals surface area contributed by atoms with E-state index in [1.54, 1.807) is 21.0 Å². The molecule has 1 aliphatic rings. The molecule has 3 aromatic carbocycles. The first-order valence-corrected chi connectivity index (χ1v) is 12.5. The van der Waals surface area contributed by atoms with Crippen molar-refractivity contribution < 1.29 is 14.6 Å². The summed E-state index contributed by atoms with van der Waals surface area (Å²) in [5.74, 6) is -0.855. The van der Waals surface area contributed by atoms with Gasteiger partial charge in [0.25, 0.3) is 5.56 Å². The minimum absolute atomic E-state index is 0.0605. The molecular formula is C30H31N3O5. The Hall–Kier alpha value is -3.98. The molecule has 3 N–H and O–H groups in total. The Balaban J connectivity index is 1.86. The Morgan fingerprint density at radius 3 is 2.16 bits per heavy atom. The van der Waals surface area contributed by atoms with Crippen LogP contribution in [0.4, 0.5) is 0 Å². The van der Waals surface area contributed by atoms with Crippen LogP contribution in [0.5, 0.6) is 5.75 Å². The number of aromatic nitrogens is 2. The SMILES string of the molecule is COc1cccc(C(N[C@]2(n3cc(C)c(=O)[nH]c3=O)C[C@H](O)[C@@H](C)O2)(c2ccccc2)c2ccccc2)c1. The van der Waals surface area contributed by atoms with Gasteiger partial charge in [0.2, 0.25) is 5.85 Å². The van der Waals surface area contributed by atoms with E-state index in [0.29, 0.717) is 11.3 Å². The molecule has 3 atom stereocenters. The maximum absolute atomic E-state index is 13.3. The maximum Gasteiger partial charge on any atom is 0.331 e. The Bertz CT molecular complexity index is 1480. The van der Waals surface area contributed by atoms with Crippen molar-refractivity contribution in [3.63, 3.8) is 0 Å². The number of aliphatic hydroxyl groups excluding tert-OH is 1. The van der Waals surface area contributed by atoms with E-state index in [9.17, 15) is 14.7 Å². The van der Waals surface area contributed by atoms with Crippen LogP contribution in [-0.2, 0) is 16.1 Å². The van der Waals surface area contributed by atoms with Gasteiger partial charge >= 0.3 is 5.69 Å². The summed E-state index contributed by atoms with van der Waals surface area (Å²) in [6.07, 6.45) is 0.0864. The number of nitrogens with zero attached hydrogens (tertiary/aromatic N) is 1. The number of hydrogen-bond donors (Lipinski definition) is 3. The Labute approximate surface area is 220 Å². The van der Waals surface area contributed by atoms with Crippen molar-refractivity contribution in [1.82, 2.24) is 14.9 Å². The molecule has 8 nitrogen and oxygen atoms in total. The lowest BCUT2D eigenvalue weighted by Gasteiger charge is -2.45. The zero-order chi connectivity index (χ0) is 26.9. The average molecular weight is 514 g/mol. The van der Waals surface area contributed by atoms with Crippen LogP contribution in [0.15, 0.2) is 101 Å². The zero-order valence-corrected chi connectivity index (χ0v) is 21.5. The lowest BCUT2D eigenvalue weighted by molar-refractivity contribution is -0.135. The Morgan fingerprint density at radius 2 is 1.61 bits per heavy atom. The maximum atomic E-state index is 13.3.